The number of hydrogen-bond acceptors (Lipinski definition) is 4. The molecule has 1 N–H and O–H groups in total. The molecule has 7 heteroatoms. The second-order valence-electron chi connectivity index (χ2n) is 7.61. The minimum atomic E-state index is -0.481. The van der Waals surface area contributed by atoms with E-state index in [2.05, 4.69) is 5.32 Å². The zero-order valence-electron chi connectivity index (χ0n) is 19.1. The van der Waals surface area contributed by atoms with Crippen molar-refractivity contribution in [2.24, 2.45) is 0 Å². The van der Waals surface area contributed by atoms with Gasteiger partial charge >= 0.3 is 0 Å². The van der Waals surface area contributed by atoms with Crippen molar-refractivity contribution in [2.75, 3.05) is 11.9 Å². The topological polar surface area (TPSA) is 71.3 Å². The van der Waals surface area contributed by atoms with E-state index in [1.807, 2.05) is 45.0 Å². The van der Waals surface area contributed by atoms with E-state index in [4.69, 9.17) is 32.7 Å². The van der Waals surface area contributed by atoms with Crippen molar-refractivity contribution in [2.45, 2.75) is 27.4 Å². The van der Waals surface area contributed by atoms with Crippen LogP contribution in [0.1, 0.15) is 29.2 Å². The second-order valence-corrected chi connectivity index (χ2v) is 8.45. The average Bonchev–Trinajstić information content (AvgIpc) is 2.80. The highest BCUT2D eigenvalue weighted by Crippen LogP contribution is 2.31. The van der Waals surface area contributed by atoms with Gasteiger partial charge in [0.15, 0.2) is 11.5 Å². The Morgan fingerprint density at radius 1 is 1.03 bits per heavy atom. The Kier molecular flexibility index (Phi) is 8.59. The Morgan fingerprint density at radius 3 is 2.50 bits per heavy atom. The van der Waals surface area contributed by atoms with Gasteiger partial charge in [-0.25, -0.2) is 0 Å². The van der Waals surface area contributed by atoms with E-state index in [-0.39, 0.29) is 12.2 Å². The molecule has 3 rings (SSSR count). The summed E-state index contributed by atoms with van der Waals surface area (Å²) in [5.74, 6) is 0.529. The highest BCUT2D eigenvalue weighted by molar-refractivity contribution is 6.35. The lowest BCUT2D eigenvalue weighted by atomic mass is 10.1. The predicted octanol–water partition coefficient (Wildman–Crippen LogP) is 7.13. The number of nitrogens with zero attached hydrogens (tertiary/aromatic N) is 1. The van der Waals surface area contributed by atoms with Gasteiger partial charge in [-0.2, -0.15) is 5.26 Å². The SMILES string of the molecule is CCOc1cc(/C=C(/C#N)C(=O)Nc2ccc(C)cc2C)ccc1OCc1ccc(Cl)cc1Cl. The third-order valence-electron chi connectivity index (χ3n) is 4.97. The molecule has 174 valence electrons. The average molecular weight is 495 g/mol. The molecule has 0 saturated carbocycles. The lowest BCUT2D eigenvalue weighted by molar-refractivity contribution is -0.112. The minimum absolute atomic E-state index is 0.0240. The Bertz CT molecular complexity index is 1280. The molecule has 0 aliphatic carbocycles. The van der Waals surface area contributed by atoms with Crippen LogP contribution in [0.2, 0.25) is 10.0 Å². The van der Waals surface area contributed by atoms with Crippen molar-refractivity contribution in [3.63, 3.8) is 0 Å². The largest absolute Gasteiger partial charge is 0.490 e. The fourth-order valence-electron chi connectivity index (χ4n) is 3.25. The molecule has 34 heavy (non-hydrogen) atoms. The van der Waals surface area contributed by atoms with Gasteiger partial charge in [0.1, 0.15) is 18.2 Å². The predicted molar refractivity (Wildman–Crippen MR) is 137 cm³/mol. The number of carbonyl (C=O) groups is 1. The van der Waals surface area contributed by atoms with Crippen molar-refractivity contribution in [1.82, 2.24) is 0 Å². The normalized spacial score (nSPS) is 11.0. The maximum atomic E-state index is 12.7. The maximum Gasteiger partial charge on any atom is 0.266 e. The fourth-order valence-corrected chi connectivity index (χ4v) is 3.72. The molecule has 3 aromatic carbocycles. The van der Waals surface area contributed by atoms with Gasteiger partial charge in [-0.15, -0.1) is 0 Å². The molecule has 0 aromatic heterocycles. The van der Waals surface area contributed by atoms with Crippen molar-refractivity contribution in [3.05, 3.63) is 92.5 Å². The van der Waals surface area contributed by atoms with E-state index in [1.54, 1.807) is 36.4 Å². The first kappa shape index (κ1) is 25.2. The molecule has 0 saturated heterocycles. The van der Waals surface area contributed by atoms with Gasteiger partial charge in [-0.3, -0.25) is 4.79 Å². The van der Waals surface area contributed by atoms with Crippen LogP contribution in [-0.2, 0) is 11.4 Å². The van der Waals surface area contributed by atoms with Crippen LogP contribution in [0.15, 0.2) is 60.2 Å². The summed E-state index contributed by atoms with van der Waals surface area (Å²) in [5, 5.41) is 13.4. The standard InChI is InChI=1S/C27H24Cl2N2O3/c1-4-33-26-13-19(6-10-25(26)34-16-20-7-8-22(28)14-23(20)29)12-21(15-30)27(32)31-24-9-5-17(2)11-18(24)3/h5-14H,4,16H2,1-3H3,(H,31,32)/b21-12-. The Balaban J connectivity index is 1.80. The third kappa shape index (κ3) is 6.54. The van der Waals surface area contributed by atoms with Gasteiger partial charge in [0.2, 0.25) is 0 Å². The number of nitriles is 1. The first-order chi connectivity index (χ1) is 16.3. The van der Waals surface area contributed by atoms with Crippen molar-refractivity contribution in [1.29, 1.82) is 5.26 Å². The van der Waals surface area contributed by atoms with E-state index in [0.29, 0.717) is 39.4 Å². The van der Waals surface area contributed by atoms with Crippen molar-refractivity contribution >= 4 is 40.9 Å². The van der Waals surface area contributed by atoms with Crippen LogP contribution in [0.3, 0.4) is 0 Å². The molecule has 0 fully saturated rings. The number of carbonyl (C=O) groups excluding carboxylic acids is 1. The van der Waals surface area contributed by atoms with E-state index in [9.17, 15) is 10.1 Å². The van der Waals surface area contributed by atoms with E-state index < -0.39 is 5.91 Å². The Morgan fingerprint density at radius 2 is 1.82 bits per heavy atom. The molecule has 0 bridgehead atoms. The molecule has 0 heterocycles. The molecular formula is C27H24Cl2N2O3. The molecule has 0 aliphatic rings. The number of anilines is 1. The van der Waals surface area contributed by atoms with Crippen LogP contribution in [-0.4, -0.2) is 12.5 Å². The van der Waals surface area contributed by atoms with E-state index >= 15 is 0 Å². The number of amides is 1. The van der Waals surface area contributed by atoms with Crippen LogP contribution in [0.25, 0.3) is 6.08 Å². The zero-order chi connectivity index (χ0) is 24.7. The number of halogens is 2. The second kappa shape index (κ2) is 11.6. The molecule has 0 radical (unpaired) electrons. The summed E-state index contributed by atoms with van der Waals surface area (Å²) in [6.07, 6.45) is 1.52. The van der Waals surface area contributed by atoms with E-state index in [0.717, 1.165) is 16.7 Å². The monoisotopic (exact) mass is 494 g/mol. The summed E-state index contributed by atoms with van der Waals surface area (Å²) in [6, 6.07) is 18.1. The van der Waals surface area contributed by atoms with Crippen molar-refractivity contribution < 1.29 is 14.3 Å². The molecule has 3 aromatic rings. The smallest absolute Gasteiger partial charge is 0.266 e. The van der Waals surface area contributed by atoms with Gasteiger partial charge in [0, 0.05) is 21.3 Å². The Hall–Kier alpha value is -3.46. The molecule has 5 nitrogen and oxygen atoms in total. The summed E-state index contributed by atoms with van der Waals surface area (Å²) in [4.78, 5) is 12.7. The molecule has 0 atom stereocenters. The van der Waals surface area contributed by atoms with Gasteiger partial charge in [-0.1, -0.05) is 53.0 Å². The maximum absolute atomic E-state index is 12.7. The number of rotatable bonds is 8. The summed E-state index contributed by atoms with van der Waals surface area (Å²) >= 11 is 12.2. The number of benzene rings is 3. The molecule has 1 amide bonds. The van der Waals surface area contributed by atoms with Crippen LogP contribution >= 0.6 is 23.2 Å². The molecule has 0 spiro atoms. The highest BCUT2D eigenvalue weighted by Gasteiger charge is 2.13. The summed E-state index contributed by atoms with van der Waals surface area (Å²) in [5.41, 5.74) is 4.07. The van der Waals surface area contributed by atoms with Crippen molar-refractivity contribution in [3.8, 4) is 17.6 Å². The highest BCUT2D eigenvalue weighted by atomic mass is 35.5. The van der Waals surface area contributed by atoms with Crippen LogP contribution in [0.5, 0.6) is 11.5 Å². The summed E-state index contributed by atoms with van der Waals surface area (Å²) < 4.78 is 11.6. The number of nitrogens with one attached hydrogen (secondary N) is 1. The third-order valence-corrected chi connectivity index (χ3v) is 5.56. The lowest BCUT2D eigenvalue weighted by Crippen LogP contribution is -2.14. The van der Waals surface area contributed by atoms with Gasteiger partial charge < -0.3 is 14.8 Å². The van der Waals surface area contributed by atoms with Gasteiger partial charge in [-0.05, 0) is 68.3 Å². The quantitative estimate of drug-likeness (QED) is 0.267. The first-order valence-corrected chi connectivity index (χ1v) is 11.4. The number of ether oxygens (including phenoxy) is 2. The first-order valence-electron chi connectivity index (χ1n) is 10.6. The van der Waals surface area contributed by atoms with Gasteiger partial charge in [0.25, 0.3) is 5.91 Å². The zero-order valence-corrected chi connectivity index (χ0v) is 20.6. The summed E-state index contributed by atoms with van der Waals surface area (Å²) in [6.45, 7) is 6.40. The fraction of sp³-hybridized carbons (Fsp3) is 0.185. The van der Waals surface area contributed by atoms with Gasteiger partial charge in [0.05, 0.1) is 6.61 Å². The summed E-state index contributed by atoms with van der Waals surface area (Å²) in [7, 11) is 0. The number of hydrogen-bond donors (Lipinski definition) is 1. The Labute approximate surface area is 209 Å². The van der Waals surface area contributed by atoms with E-state index in [1.165, 1.54) is 6.08 Å². The van der Waals surface area contributed by atoms with Crippen LogP contribution in [0, 0.1) is 25.2 Å². The molecular weight excluding hydrogens is 471 g/mol. The van der Waals surface area contributed by atoms with Crippen LogP contribution in [0.4, 0.5) is 5.69 Å². The number of aryl methyl sites for hydroxylation is 2. The minimum Gasteiger partial charge on any atom is -0.490 e. The molecule has 0 aliphatic heterocycles. The van der Waals surface area contributed by atoms with Crippen LogP contribution < -0.4 is 14.8 Å². The lowest BCUT2D eigenvalue weighted by Gasteiger charge is -2.14. The molecule has 0 unspecified atom stereocenters.